The smallest absolute Gasteiger partial charge is 0.145 e. The number of fused-ring (bicyclic) bond motifs is 3. The average Bonchev–Trinajstić information content (AvgIpc) is 3.71. The van der Waals surface area contributed by atoms with Crippen molar-refractivity contribution in [3.05, 3.63) is 181 Å². The number of imidazole rings is 1. The van der Waals surface area contributed by atoms with Gasteiger partial charge in [-0.05, 0) is 73.6 Å². The third-order valence-electron chi connectivity index (χ3n) is 7.70. The van der Waals surface area contributed by atoms with Crippen LogP contribution in [-0.4, -0.2) is 9.55 Å². The van der Waals surface area contributed by atoms with Crippen LogP contribution in [-0.2, 0) is 0 Å². The molecule has 0 aliphatic heterocycles. The van der Waals surface area contributed by atoms with Crippen molar-refractivity contribution >= 4 is 32.6 Å². The van der Waals surface area contributed by atoms with Crippen LogP contribution in [0, 0.1) is 0 Å². The van der Waals surface area contributed by atoms with Crippen LogP contribution in [0.1, 0.15) is 30.2 Å². The molecule has 0 aliphatic carbocycles. The summed E-state index contributed by atoms with van der Waals surface area (Å²) in [6, 6.07) is -5.17. The van der Waals surface area contributed by atoms with Crippen LogP contribution < -0.4 is 0 Å². The summed E-state index contributed by atoms with van der Waals surface area (Å²) in [5.41, 5.74) is -2.57. The van der Waals surface area contributed by atoms with Gasteiger partial charge in [-0.2, -0.15) is 0 Å². The summed E-state index contributed by atoms with van der Waals surface area (Å²) >= 11 is 0. The Kier molecular flexibility index (Phi) is 3.09. The van der Waals surface area contributed by atoms with Crippen molar-refractivity contribution in [1.82, 2.24) is 9.55 Å². The van der Waals surface area contributed by atoms with Gasteiger partial charge in [-0.1, -0.05) is 157 Å². The van der Waals surface area contributed by atoms with Crippen LogP contribution in [0.15, 0.2) is 181 Å². The van der Waals surface area contributed by atoms with Gasteiger partial charge in [0.05, 0.1) is 46.9 Å². The summed E-state index contributed by atoms with van der Waals surface area (Å²) in [5.74, 6) is -0.157. The number of nitrogens with zero attached hydrogens (tertiary/aromatic N) is 2. The number of hydrogen-bond donors (Lipinski definition) is 0. The molecule has 0 N–H and O–H groups in total. The van der Waals surface area contributed by atoms with Crippen molar-refractivity contribution < 1.29 is 30.2 Å². The second-order valence-corrected chi connectivity index (χ2v) is 10.3. The third-order valence-corrected chi connectivity index (χ3v) is 7.70. The summed E-state index contributed by atoms with van der Waals surface area (Å²) in [5, 5.41) is -2.33. The normalized spacial score (nSPS) is 18.0. The Balaban J connectivity index is 1.58. The van der Waals surface area contributed by atoms with Gasteiger partial charge in [-0.25, -0.2) is 4.98 Å². The van der Waals surface area contributed by atoms with E-state index in [-0.39, 0.29) is 22.6 Å². The van der Waals surface area contributed by atoms with E-state index in [0.717, 1.165) is 0 Å². The van der Waals surface area contributed by atoms with E-state index in [4.69, 9.17) is 28.3 Å². The Labute approximate surface area is 304 Å². The Morgan fingerprint density at radius 3 is 1.66 bits per heavy atom. The molecule has 0 spiro atoms. The SMILES string of the molecule is [2H]c1c([2H])c([2H])c(-c2c3c([2H])c([2H])c([2H])c([2H])c3c(-c3c([2H])c([2H])c([2H])c([2H])c3[2H])c3c([2H])c(-c4ccccc4-n4c(-c5c([2H])c([2H])c([2H])c([2H])c5[2H])nc5ccccc54)c([2H])c([2H])c23)c([2H])c1[2H]. The quantitative estimate of drug-likeness (QED) is 0.175. The Bertz CT molecular complexity index is 3740. The molecule has 220 valence electrons. The predicted molar refractivity (Wildman–Crippen MR) is 198 cm³/mol. The average molecular weight is 621 g/mol. The number of para-hydroxylation sites is 3. The van der Waals surface area contributed by atoms with Crippen LogP contribution in [0.2, 0.25) is 0 Å². The van der Waals surface area contributed by atoms with E-state index < -0.39 is 182 Å². The summed E-state index contributed by atoms with van der Waals surface area (Å²) in [6.45, 7) is 0. The maximum atomic E-state index is 10.2. The van der Waals surface area contributed by atoms with Gasteiger partial charge in [0.15, 0.2) is 0 Å². The monoisotopic (exact) mass is 620 g/mol. The molecule has 0 radical (unpaired) electrons. The van der Waals surface area contributed by atoms with Gasteiger partial charge in [-0.3, -0.25) is 4.57 Å². The van der Waals surface area contributed by atoms with Gasteiger partial charge in [-0.15, -0.1) is 0 Å². The molecule has 0 amide bonds. The second-order valence-electron chi connectivity index (χ2n) is 10.3. The van der Waals surface area contributed by atoms with E-state index in [9.17, 15) is 6.85 Å². The van der Waals surface area contributed by atoms with Crippen LogP contribution in [0.5, 0.6) is 0 Å². The molecule has 0 saturated carbocycles. The molecule has 0 saturated heterocycles. The van der Waals surface area contributed by atoms with Gasteiger partial charge < -0.3 is 0 Å². The number of hydrogen-bond acceptors (Lipinski definition) is 1. The van der Waals surface area contributed by atoms with Gasteiger partial charge in [0.1, 0.15) is 5.82 Å². The van der Waals surface area contributed by atoms with Gasteiger partial charge in [0.2, 0.25) is 0 Å². The maximum absolute atomic E-state index is 10.2. The van der Waals surface area contributed by atoms with Gasteiger partial charge in [0, 0.05) is 11.1 Å². The van der Waals surface area contributed by atoms with E-state index in [1.54, 1.807) is 30.3 Å². The lowest BCUT2D eigenvalue weighted by molar-refractivity contribution is 1.10. The number of rotatable bonds is 5. The molecule has 0 fully saturated rings. The summed E-state index contributed by atoms with van der Waals surface area (Å²) in [7, 11) is 0. The molecular weight excluding hydrogens is 569 g/mol. The van der Waals surface area contributed by atoms with Crippen molar-refractivity contribution in [3.63, 3.8) is 0 Å². The fourth-order valence-electron chi connectivity index (χ4n) is 5.78. The molecule has 0 unspecified atom stereocenters. The molecule has 2 heteroatoms. The van der Waals surface area contributed by atoms with Crippen molar-refractivity contribution in [3.8, 4) is 50.5 Å². The first kappa shape index (κ1) is 12.9. The largest absolute Gasteiger partial charge is 0.292 e. The van der Waals surface area contributed by atoms with E-state index >= 15 is 0 Å². The van der Waals surface area contributed by atoms with Crippen molar-refractivity contribution in [2.75, 3.05) is 0 Å². The zero-order valence-corrected chi connectivity index (χ0v) is 24.0. The molecule has 0 bridgehead atoms. The minimum atomic E-state index is -0.889. The van der Waals surface area contributed by atoms with Crippen LogP contribution >= 0.6 is 0 Å². The second kappa shape index (κ2) is 11.3. The molecule has 0 aliphatic rings. The van der Waals surface area contributed by atoms with Crippen LogP contribution in [0.3, 0.4) is 0 Å². The Hall–Kier alpha value is -6.25. The zero-order chi connectivity index (χ0) is 50.3. The standard InChI is InChI=1S/C45H30N2/c1-4-16-31(17-5-1)43-36-23-10-11-24-37(36)44(32-18-6-2-7-19-32)39-30-34(28-29-38(39)43)35-22-12-14-26-41(35)47-42-27-15-13-25-40(42)46-45(47)33-20-8-3-9-21-33/h1-30H/i1D,2D,3D,4D,5D,6D,7D,8D,9D,10D,11D,16D,17D,18D,19D,20D,21D,23D,24D,28D,29D,30D. The molecule has 47 heavy (non-hydrogen) atoms. The van der Waals surface area contributed by atoms with Gasteiger partial charge in [0.25, 0.3) is 0 Å². The van der Waals surface area contributed by atoms with E-state index in [1.807, 2.05) is 0 Å². The van der Waals surface area contributed by atoms with Crippen molar-refractivity contribution in [2.45, 2.75) is 0 Å². The summed E-state index contributed by atoms with van der Waals surface area (Å²) in [4.78, 5) is 4.71. The molecule has 2 nitrogen and oxygen atoms in total. The van der Waals surface area contributed by atoms with E-state index in [2.05, 4.69) is 0 Å². The fraction of sp³-hybridized carbons (Fsp3) is 0. The highest BCUT2D eigenvalue weighted by Crippen LogP contribution is 2.45. The molecular formula is C45H30N2. The highest BCUT2D eigenvalue weighted by Gasteiger charge is 2.20. The molecule has 8 aromatic carbocycles. The van der Waals surface area contributed by atoms with E-state index in [1.165, 1.54) is 22.8 Å². The fourth-order valence-corrected chi connectivity index (χ4v) is 5.78. The van der Waals surface area contributed by atoms with Crippen molar-refractivity contribution in [2.24, 2.45) is 0 Å². The number of aromatic nitrogens is 2. The topological polar surface area (TPSA) is 17.8 Å². The lowest BCUT2D eigenvalue weighted by atomic mass is 9.85. The maximum Gasteiger partial charge on any atom is 0.145 e. The zero-order valence-electron chi connectivity index (χ0n) is 46.0. The minimum absolute atomic E-state index is 0.0360. The van der Waals surface area contributed by atoms with Crippen LogP contribution in [0.4, 0.5) is 0 Å². The molecule has 9 rings (SSSR count). The van der Waals surface area contributed by atoms with E-state index in [0.29, 0.717) is 11.0 Å². The highest BCUT2D eigenvalue weighted by atomic mass is 15.1. The summed E-state index contributed by atoms with van der Waals surface area (Å²) < 4.78 is 198. The first-order valence-electron chi connectivity index (χ1n) is 25.3. The molecule has 0 atom stereocenters. The first-order valence-corrected chi connectivity index (χ1v) is 14.3. The summed E-state index contributed by atoms with van der Waals surface area (Å²) in [6.07, 6.45) is 0. The van der Waals surface area contributed by atoms with Crippen molar-refractivity contribution in [1.29, 1.82) is 0 Å². The highest BCUT2D eigenvalue weighted by molar-refractivity contribution is 6.22. The molecule has 1 heterocycles. The lowest BCUT2D eigenvalue weighted by Gasteiger charge is -2.20. The van der Waals surface area contributed by atoms with Gasteiger partial charge >= 0.3 is 0 Å². The Morgan fingerprint density at radius 1 is 0.447 bits per heavy atom. The predicted octanol–water partition coefficient (Wildman–Crippen LogP) is 12.0. The van der Waals surface area contributed by atoms with Crippen LogP contribution in [0.25, 0.3) is 83.0 Å². The first-order chi connectivity index (χ1) is 32.5. The molecule has 1 aromatic heterocycles. The number of benzene rings is 8. The molecule has 9 aromatic rings. The lowest BCUT2D eigenvalue weighted by Crippen LogP contribution is -2.00. The minimum Gasteiger partial charge on any atom is -0.292 e. The third kappa shape index (κ3) is 4.54. The Morgan fingerprint density at radius 2 is 0.979 bits per heavy atom.